The molecule has 1 aliphatic rings. The molecule has 0 saturated carbocycles. The fraction of sp³-hybridized carbons (Fsp3) is 0.647. The van der Waals surface area contributed by atoms with Crippen LogP contribution in [-0.2, 0) is 12.0 Å². The van der Waals surface area contributed by atoms with Gasteiger partial charge in [0.15, 0.2) is 0 Å². The van der Waals surface area contributed by atoms with Gasteiger partial charge in [0.2, 0.25) is 0 Å². The lowest BCUT2D eigenvalue weighted by Gasteiger charge is -2.47. The molecule has 0 bridgehead atoms. The van der Waals surface area contributed by atoms with Gasteiger partial charge in [0.1, 0.15) is 5.75 Å². The number of aryl methyl sites for hydroxylation is 1. The van der Waals surface area contributed by atoms with Gasteiger partial charge < -0.3 is 10.5 Å². The van der Waals surface area contributed by atoms with Gasteiger partial charge in [0.25, 0.3) is 0 Å². The van der Waals surface area contributed by atoms with Crippen LogP contribution in [0.25, 0.3) is 0 Å². The molecule has 1 aromatic rings. The van der Waals surface area contributed by atoms with E-state index >= 15 is 0 Å². The molecule has 0 amide bonds. The summed E-state index contributed by atoms with van der Waals surface area (Å²) < 4.78 is 5.59. The molecule has 0 spiro atoms. The number of rotatable bonds is 5. The summed E-state index contributed by atoms with van der Waals surface area (Å²) in [6.07, 6.45) is 3.43. The zero-order chi connectivity index (χ0) is 14.8. The summed E-state index contributed by atoms with van der Waals surface area (Å²) in [5.74, 6) is 1.02. The molecule has 2 rings (SSSR count). The first-order chi connectivity index (χ1) is 9.64. The van der Waals surface area contributed by atoms with Crippen LogP contribution < -0.4 is 10.5 Å². The SMILES string of the molecule is CCN(CC)C1(CN)CCCc2c(OC)ccc(C)c21. The lowest BCUT2D eigenvalue weighted by Crippen LogP contribution is -2.53. The van der Waals surface area contributed by atoms with Gasteiger partial charge >= 0.3 is 0 Å². The van der Waals surface area contributed by atoms with Crippen molar-refractivity contribution in [1.29, 1.82) is 0 Å². The lowest BCUT2D eigenvalue weighted by molar-refractivity contribution is 0.0845. The average molecular weight is 276 g/mol. The highest BCUT2D eigenvalue weighted by molar-refractivity contribution is 5.50. The topological polar surface area (TPSA) is 38.5 Å². The van der Waals surface area contributed by atoms with E-state index in [1.54, 1.807) is 7.11 Å². The molecule has 20 heavy (non-hydrogen) atoms. The Balaban J connectivity index is 2.66. The molecular weight excluding hydrogens is 248 g/mol. The van der Waals surface area contributed by atoms with Crippen LogP contribution in [0.1, 0.15) is 43.4 Å². The summed E-state index contributed by atoms with van der Waals surface area (Å²) in [6, 6.07) is 4.28. The van der Waals surface area contributed by atoms with Crippen molar-refractivity contribution in [2.24, 2.45) is 5.73 Å². The molecule has 1 aliphatic carbocycles. The second-order valence-corrected chi connectivity index (χ2v) is 5.70. The maximum absolute atomic E-state index is 6.28. The summed E-state index contributed by atoms with van der Waals surface area (Å²) in [5.41, 5.74) is 10.4. The Bertz CT molecular complexity index is 468. The van der Waals surface area contributed by atoms with E-state index < -0.39 is 0 Å². The molecule has 112 valence electrons. The zero-order valence-corrected chi connectivity index (χ0v) is 13.3. The molecule has 2 N–H and O–H groups in total. The molecule has 1 atom stereocenters. The van der Waals surface area contributed by atoms with Crippen LogP contribution in [0, 0.1) is 6.92 Å². The normalized spacial score (nSPS) is 21.9. The van der Waals surface area contributed by atoms with Crippen LogP contribution >= 0.6 is 0 Å². The summed E-state index contributed by atoms with van der Waals surface area (Å²) >= 11 is 0. The third-order valence-corrected chi connectivity index (χ3v) is 4.89. The van der Waals surface area contributed by atoms with Crippen molar-refractivity contribution in [3.63, 3.8) is 0 Å². The minimum absolute atomic E-state index is 0.0181. The van der Waals surface area contributed by atoms with Gasteiger partial charge in [-0.3, -0.25) is 4.90 Å². The zero-order valence-electron chi connectivity index (χ0n) is 13.3. The van der Waals surface area contributed by atoms with Crippen LogP contribution in [0.15, 0.2) is 12.1 Å². The average Bonchev–Trinajstić information content (AvgIpc) is 2.48. The van der Waals surface area contributed by atoms with Crippen molar-refractivity contribution in [3.8, 4) is 5.75 Å². The number of hydrogen-bond donors (Lipinski definition) is 1. The standard InChI is InChI=1S/C17H28N2O/c1-5-19(6-2)17(12-18)11-7-8-14-15(20-4)10-9-13(3)16(14)17/h9-10H,5-8,11-12,18H2,1-4H3. The maximum atomic E-state index is 6.28. The van der Waals surface area contributed by atoms with E-state index in [0.29, 0.717) is 6.54 Å². The molecule has 0 aromatic heterocycles. The Morgan fingerprint density at radius 2 is 2.00 bits per heavy atom. The third-order valence-electron chi connectivity index (χ3n) is 4.89. The van der Waals surface area contributed by atoms with E-state index in [2.05, 4.69) is 37.8 Å². The van der Waals surface area contributed by atoms with Gasteiger partial charge in [-0.1, -0.05) is 19.9 Å². The summed E-state index contributed by atoms with van der Waals surface area (Å²) in [4.78, 5) is 2.53. The molecule has 0 fully saturated rings. The van der Waals surface area contributed by atoms with E-state index in [9.17, 15) is 0 Å². The fourth-order valence-corrected chi connectivity index (χ4v) is 3.99. The van der Waals surface area contributed by atoms with Crippen LogP contribution in [-0.4, -0.2) is 31.6 Å². The molecule has 0 aliphatic heterocycles. The van der Waals surface area contributed by atoms with E-state index in [4.69, 9.17) is 10.5 Å². The Hall–Kier alpha value is -1.06. The number of ether oxygens (including phenoxy) is 1. The van der Waals surface area contributed by atoms with Crippen molar-refractivity contribution >= 4 is 0 Å². The molecule has 1 unspecified atom stereocenters. The Morgan fingerprint density at radius 3 is 2.55 bits per heavy atom. The summed E-state index contributed by atoms with van der Waals surface area (Å²) in [7, 11) is 1.76. The minimum Gasteiger partial charge on any atom is -0.496 e. The van der Waals surface area contributed by atoms with E-state index in [-0.39, 0.29) is 5.54 Å². The van der Waals surface area contributed by atoms with Crippen molar-refractivity contribution < 1.29 is 4.74 Å². The Morgan fingerprint density at radius 1 is 1.30 bits per heavy atom. The maximum Gasteiger partial charge on any atom is 0.122 e. The predicted octanol–water partition coefficient (Wildman–Crippen LogP) is 2.84. The van der Waals surface area contributed by atoms with Gasteiger partial charge in [-0.25, -0.2) is 0 Å². The van der Waals surface area contributed by atoms with Crippen LogP contribution in [0.3, 0.4) is 0 Å². The molecule has 1 aromatic carbocycles. The van der Waals surface area contributed by atoms with Crippen molar-refractivity contribution in [2.45, 2.75) is 45.6 Å². The van der Waals surface area contributed by atoms with Crippen molar-refractivity contribution in [3.05, 3.63) is 28.8 Å². The Kier molecular flexibility index (Phi) is 4.71. The van der Waals surface area contributed by atoms with Crippen LogP contribution in [0.5, 0.6) is 5.75 Å². The number of likely N-dealkylation sites (N-methyl/N-ethyl adjacent to an activating group) is 1. The number of methoxy groups -OCH3 is 1. The first-order valence-electron chi connectivity index (χ1n) is 7.76. The molecule has 3 heteroatoms. The molecular formula is C17H28N2O. The van der Waals surface area contributed by atoms with Crippen molar-refractivity contribution in [2.75, 3.05) is 26.7 Å². The van der Waals surface area contributed by atoms with E-state index in [0.717, 1.165) is 31.7 Å². The largest absolute Gasteiger partial charge is 0.496 e. The van der Waals surface area contributed by atoms with Gasteiger partial charge in [-0.05, 0) is 62.0 Å². The third kappa shape index (κ3) is 2.23. The highest BCUT2D eigenvalue weighted by atomic mass is 16.5. The fourth-order valence-electron chi connectivity index (χ4n) is 3.99. The number of hydrogen-bond acceptors (Lipinski definition) is 3. The van der Waals surface area contributed by atoms with E-state index in [1.165, 1.54) is 23.1 Å². The number of nitrogens with zero attached hydrogens (tertiary/aromatic N) is 1. The Labute approximate surface area is 123 Å². The summed E-state index contributed by atoms with van der Waals surface area (Å²) in [5, 5.41) is 0. The highest BCUT2D eigenvalue weighted by Crippen LogP contribution is 2.44. The summed E-state index contributed by atoms with van der Waals surface area (Å²) in [6.45, 7) is 9.40. The first-order valence-corrected chi connectivity index (χ1v) is 7.76. The van der Waals surface area contributed by atoms with Gasteiger partial charge in [-0.2, -0.15) is 0 Å². The van der Waals surface area contributed by atoms with Gasteiger partial charge in [0.05, 0.1) is 12.6 Å². The van der Waals surface area contributed by atoms with Crippen LogP contribution in [0.2, 0.25) is 0 Å². The second-order valence-electron chi connectivity index (χ2n) is 5.70. The molecule has 3 nitrogen and oxygen atoms in total. The monoisotopic (exact) mass is 276 g/mol. The van der Waals surface area contributed by atoms with E-state index in [1.807, 2.05) is 0 Å². The van der Waals surface area contributed by atoms with Gasteiger partial charge in [-0.15, -0.1) is 0 Å². The lowest BCUT2D eigenvalue weighted by atomic mass is 9.73. The number of nitrogens with two attached hydrogens (primary N) is 1. The number of benzene rings is 1. The quantitative estimate of drug-likeness (QED) is 0.898. The minimum atomic E-state index is -0.0181. The molecule has 0 radical (unpaired) electrons. The molecule has 0 heterocycles. The smallest absolute Gasteiger partial charge is 0.122 e. The van der Waals surface area contributed by atoms with Crippen LogP contribution in [0.4, 0.5) is 0 Å². The number of fused-ring (bicyclic) bond motifs is 1. The first kappa shape index (κ1) is 15.3. The van der Waals surface area contributed by atoms with Gasteiger partial charge in [0, 0.05) is 6.54 Å². The predicted molar refractivity (Wildman–Crippen MR) is 84.3 cm³/mol. The van der Waals surface area contributed by atoms with Crippen molar-refractivity contribution in [1.82, 2.24) is 4.90 Å². The molecule has 0 saturated heterocycles. The highest BCUT2D eigenvalue weighted by Gasteiger charge is 2.41. The second kappa shape index (κ2) is 6.15.